The summed E-state index contributed by atoms with van der Waals surface area (Å²) in [6, 6.07) is 13.1. The number of aryl methyl sites for hydroxylation is 1. The van der Waals surface area contributed by atoms with E-state index in [1.54, 1.807) is 6.07 Å². The second-order valence-corrected chi connectivity index (χ2v) is 8.80. The third-order valence-electron chi connectivity index (χ3n) is 4.05. The monoisotopic (exact) mass is 525 g/mol. The van der Waals surface area contributed by atoms with Crippen LogP contribution < -0.4 is 20.9 Å². The van der Waals surface area contributed by atoms with Crippen LogP contribution >= 0.6 is 51.1 Å². The van der Waals surface area contributed by atoms with Gasteiger partial charge in [0.05, 0.1) is 9.50 Å². The van der Waals surface area contributed by atoms with E-state index in [4.69, 9.17) is 28.6 Å². The van der Waals surface area contributed by atoms with E-state index in [2.05, 4.69) is 39.0 Å². The van der Waals surface area contributed by atoms with E-state index >= 15 is 0 Å². The Bertz CT molecular complexity index is 1120. The quantitative estimate of drug-likeness (QED) is 0.335. The van der Waals surface area contributed by atoms with Gasteiger partial charge in [-0.05, 0) is 58.3 Å². The maximum Gasteiger partial charge on any atom is 0.276 e. The SMILES string of the molecule is CCc1ccc(OCC(=O)NNC(=S)NC(=O)c2sc3ccccc3c2Cl)c(Br)c1. The van der Waals surface area contributed by atoms with Crippen molar-refractivity contribution in [3.05, 3.63) is 62.4 Å². The molecule has 10 heteroatoms. The van der Waals surface area contributed by atoms with E-state index in [0.29, 0.717) is 15.6 Å². The van der Waals surface area contributed by atoms with Gasteiger partial charge in [-0.2, -0.15) is 0 Å². The molecule has 0 spiro atoms. The molecular formula is C20H17BrClN3O3S2. The van der Waals surface area contributed by atoms with Crippen LogP contribution in [0.4, 0.5) is 0 Å². The van der Waals surface area contributed by atoms with Crippen LogP contribution in [0.3, 0.4) is 0 Å². The highest BCUT2D eigenvalue weighted by Gasteiger charge is 2.18. The molecule has 3 rings (SSSR count). The third kappa shape index (κ3) is 5.48. The molecule has 3 N–H and O–H groups in total. The molecule has 0 bridgehead atoms. The van der Waals surface area contributed by atoms with Crippen LogP contribution in [-0.2, 0) is 11.2 Å². The lowest BCUT2D eigenvalue weighted by Gasteiger charge is -2.12. The van der Waals surface area contributed by atoms with Crippen LogP contribution in [0.1, 0.15) is 22.2 Å². The van der Waals surface area contributed by atoms with Crippen molar-refractivity contribution in [2.75, 3.05) is 6.61 Å². The van der Waals surface area contributed by atoms with Crippen LogP contribution in [0.2, 0.25) is 5.02 Å². The second-order valence-electron chi connectivity index (χ2n) is 6.10. The van der Waals surface area contributed by atoms with Gasteiger partial charge in [0, 0.05) is 10.1 Å². The summed E-state index contributed by atoms with van der Waals surface area (Å²) >= 11 is 16.0. The van der Waals surface area contributed by atoms with Crippen molar-refractivity contribution in [2.45, 2.75) is 13.3 Å². The van der Waals surface area contributed by atoms with Gasteiger partial charge in [0.15, 0.2) is 11.7 Å². The molecule has 0 radical (unpaired) electrons. The molecule has 0 fully saturated rings. The van der Waals surface area contributed by atoms with Crippen molar-refractivity contribution >= 4 is 78.1 Å². The molecule has 1 aromatic heterocycles. The summed E-state index contributed by atoms with van der Waals surface area (Å²) in [5.41, 5.74) is 6.01. The molecule has 156 valence electrons. The minimum Gasteiger partial charge on any atom is -0.483 e. The molecule has 6 nitrogen and oxygen atoms in total. The van der Waals surface area contributed by atoms with Crippen molar-refractivity contribution < 1.29 is 14.3 Å². The molecule has 3 aromatic rings. The van der Waals surface area contributed by atoms with Gasteiger partial charge in [-0.25, -0.2) is 0 Å². The van der Waals surface area contributed by atoms with Crippen molar-refractivity contribution in [3.63, 3.8) is 0 Å². The van der Waals surface area contributed by atoms with E-state index in [-0.39, 0.29) is 11.7 Å². The van der Waals surface area contributed by atoms with Crippen LogP contribution in [-0.4, -0.2) is 23.5 Å². The number of nitrogens with one attached hydrogen (secondary N) is 3. The highest BCUT2D eigenvalue weighted by atomic mass is 79.9. The second kappa shape index (κ2) is 10.2. The first kappa shape index (κ1) is 22.5. The maximum atomic E-state index is 12.4. The highest BCUT2D eigenvalue weighted by Crippen LogP contribution is 2.34. The van der Waals surface area contributed by atoms with Crippen LogP contribution in [0.15, 0.2) is 46.9 Å². The van der Waals surface area contributed by atoms with Crippen LogP contribution in [0, 0.1) is 0 Å². The minimum atomic E-state index is -0.460. The van der Waals surface area contributed by atoms with Crippen molar-refractivity contribution in [2.24, 2.45) is 0 Å². The largest absolute Gasteiger partial charge is 0.483 e. The number of benzene rings is 2. The molecule has 0 atom stereocenters. The first-order valence-electron chi connectivity index (χ1n) is 8.87. The zero-order valence-electron chi connectivity index (χ0n) is 15.8. The predicted octanol–water partition coefficient (Wildman–Crippen LogP) is 4.59. The predicted molar refractivity (Wildman–Crippen MR) is 127 cm³/mol. The number of carbonyl (C=O) groups is 2. The Balaban J connectivity index is 1.48. The van der Waals surface area contributed by atoms with E-state index in [0.717, 1.165) is 26.5 Å². The number of hydrogen-bond acceptors (Lipinski definition) is 5. The number of ether oxygens (including phenoxy) is 1. The van der Waals surface area contributed by atoms with Gasteiger partial charge < -0.3 is 4.74 Å². The molecular weight excluding hydrogens is 510 g/mol. The fraction of sp³-hybridized carbons (Fsp3) is 0.150. The van der Waals surface area contributed by atoms with Crippen LogP contribution in [0.5, 0.6) is 5.75 Å². The van der Waals surface area contributed by atoms with E-state index < -0.39 is 11.8 Å². The van der Waals surface area contributed by atoms with Gasteiger partial charge in [-0.1, -0.05) is 42.8 Å². The first-order chi connectivity index (χ1) is 14.4. The summed E-state index contributed by atoms with van der Waals surface area (Å²) in [4.78, 5) is 24.8. The van der Waals surface area contributed by atoms with Crippen molar-refractivity contribution in [3.8, 4) is 5.75 Å². The van der Waals surface area contributed by atoms with Crippen LogP contribution in [0.25, 0.3) is 10.1 Å². The highest BCUT2D eigenvalue weighted by molar-refractivity contribution is 9.10. The van der Waals surface area contributed by atoms with Gasteiger partial charge >= 0.3 is 0 Å². The van der Waals surface area contributed by atoms with E-state index in [1.165, 1.54) is 11.3 Å². The Hall–Kier alpha value is -2.20. The Morgan fingerprint density at radius 3 is 2.67 bits per heavy atom. The Labute approximate surface area is 196 Å². The summed E-state index contributed by atoms with van der Waals surface area (Å²) in [7, 11) is 0. The summed E-state index contributed by atoms with van der Waals surface area (Å²) in [5.74, 6) is -0.361. The van der Waals surface area contributed by atoms with Gasteiger partial charge in [0.25, 0.3) is 11.8 Å². The molecule has 0 saturated carbocycles. The van der Waals surface area contributed by atoms with Gasteiger partial charge in [0.2, 0.25) is 0 Å². The van der Waals surface area contributed by atoms with Gasteiger partial charge in [0.1, 0.15) is 10.6 Å². The smallest absolute Gasteiger partial charge is 0.276 e. The fourth-order valence-electron chi connectivity index (χ4n) is 2.54. The maximum absolute atomic E-state index is 12.4. The fourth-order valence-corrected chi connectivity index (χ4v) is 4.64. The average Bonchev–Trinajstić information content (AvgIpc) is 3.08. The number of hydrogen-bond donors (Lipinski definition) is 3. The summed E-state index contributed by atoms with van der Waals surface area (Å²) in [6.07, 6.45) is 0.902. The topological polar surface area (TPSA) is 79.5 Å². The normalized spacial score (nSPS) is 10.5. The molecule has 2 amide bonds. The standard InChI is InChI=1S/C20H17BrClN3O3S2/c1-2-11-7-8-14(13(21)9-11)28-10-16(26)24-25-20(29)23-19(27)18-17(22)12-5-3-4-6-15(12)30-18/h3-9H,2,10H2,1H3,(H,24,26)(H2,23,25,27,29). The molecule has 0 saturated heterocycles. The molecule has 2 aromatic carbocycles. The summed E-state index contributed by atoms with van der Waals surface area (Å²) < 4.78 is 7.15. The minimum absolute atomic E-state index is 0.0599. The number of rotatable bonds is 5. The van der Waals surface area contributed by atoms with E-state index in [1.807, 2.05) is 36.4 Å². The summed E-state index contributed by atoms with van der Waals surface area (Å²) in [6.45, 7) is 1.83. The number of fused-ring (bicyclic) bond motifs is 1. The average molecular weight is 527 g/mol. The number of thiocarbonyl (C=S) groups is 1. The Morgan fingerprint density at radius 1 is 1.20 bits per heavy atom. The molecule has 0 aliphatic rings. The molecule has 1 heterocycles. The lowest BCUT2D eigenvalue weighted by atomic mass is 10.2. The number of halogens is 2. The molecule has 30 heavy (non-hydrogen) atoms. The molecule has 0 aliphatic carbocycles. The van der Waals surface area contributed by atoms with Gasteiger partial charge in [-0.15, -0.1) is 11.3 Å². The number of carbonyl (C=O) groups excluding carboxylic acids is 2. The zero-order chi connectivity index (χ0) is 21.7. The number of hydrazine groups is 1. The Kier molecular flexibility index (Phi) is 7.65. The van der Waals surface area contributed by atoms with Crippen molar-refractivity contribution in [1.29, 1.82) is 0 Å². The van der Waals surface area contributed by atoms with Gasteiger partial charge in [-0.3, -0.25) is 25.8 Å². The van der Waals surface area contributed by atoms with E-state index in [9.17, 15) is 9.59 Å². The summed E-state index contributed by atoms with van der Waals surface area (Å²) in [5, 5.41) is 3.60. The molecule has 0 aliphatic heterocycles. The zero-order valence-corrected chi connectivity index (χ0v) is 19.7. The first-order valence-corrected chi connectivity index (χ1v) is 11.3. The van der Waals surface area contributed by atoms with Crippen molar-refractivity contribution in [1.82, 2.24) is 16.2 Å². The lowest BCUT2D eigenvalue weighted by molar-refractivity contribution is -0.123. The Morgan fingerprint density at radius 2 is 1.97 bits per heavy atom. The third-order valence-corrected chi connectivity index (χ3v) is 6.54. The number of thiophene rings is 1. The molecule has 0 unspecified atom stereocenters. The number of amides is 2. The lowest BCUT2D eigenvalue weighted by Crippen LogP contribution is -2.49.